The molecular formula is C12H10N4. The lowest BCUT2D eigenvalue weighted by Crippen LogP contribution is -1.97. The highest BCUT2D eigenvalue weighted by Crippen LogP contribution is 2.22. The van der Waals surface area contributed by atoms with Gasteiger partial charge in [-0.2, -0.15) is 5.10 Å². The number of nitrogens with zero attached hydrogens (tertiary/aromatic N) is 3. The number of rotatable bonds is 2. The zero-order valence-corrected chi connectivity index (χ0v) is 8.54. The Balaban J connectivity index is 2.19. The van der Waals surface area contributed by atoms with E-state index in [1.165, 1.54) is 0 Å². The average Bonchev–Trinajstić information content (AvgIpc) is 3.03. The van der Waals surface area contributed by atoms with Crippen molar-refractivity contribution in [1.82, 2.24) is 19.7 Å². The van der Waals surface area contributed by atoms with Gasteiger partial charge in [-0.25, -0.2) is 9.67 Å². The number of aromatic amines is 1. The molecule has 3 aromatic rings. The molecule has 0 radical (unpaired) electrons. The van der Waals surface area contributed by atoms with Crippen LogP contribution in [0, 0.1) is 0 Å². The van der Waals surface area contributed by atoms with Crippen LogP contribution >= 0.6 is 0 Å². The Hall–Kier alpha value is -2.36. The first-order valence-electron chi connectivity index (χ1n) is 5.04. The second kappa shape index (κ2) is 3.66. The summed E-state index contributed by atoms with van der Waals surface area (Å²) in [7, 11) is 0. The first kappa shape index (κ1) is 8.91. The molecule has 0 saturated carbocycles. The van der Waals surface area contributed by atoms with Crippen LogP contribution in [0.2, 0.25) is 0 Å². The normalized spacial score (nSPS) is 10.5. The van der Waals surface area contributed by atoms with Crippen LogP contribution in [-0.2, 0) is 0 Å². The van der Waals surface area contributed by atoms with E-state index in [2.05, 4.69) is 15.1 Å². The van der Waals surface area contributed by atoms with E-state index in [1.807, 2.05) is 47.4 Å². The summed E-state index contributed by atoms with van der Waals surface area (Å²) in [5.74, 6) is 0.853. The first-order chi connectivity index (χ1) is 7.95. The maximum absolute atomic E-state index is 4.26. The molecule has 0 aliphatic rings. The molecule has 0 aliphatic carbocycles. The Bertz CT molecular complexity index is 514. The highest BCUT2D eigenvalue weighted by Gasteiger charge is 2.07. The molecule has 0 bridgehead atoms. The molecule has 1 N–H and O–H groups in total. The number of benzene rings is 1. The second-order valence-corrected chi connectivity index (χ2v) is 3.41. The second-order valence-electron chi connectivity index (χ2n) is 3.41. The van der Waals surface area contributed by atoms with E-state index >= 15 is 0 Å². The molecule has 1 aromatic carbocycles. The van der Waals surface area contributed by atoms with Crippen molar-refractivity contribution < 1.29 is 0 Å². The van der Waals surface area contributed by atoms with Crippen molar-refractivity contribution in [2.45, 2.75) is 0 Å². The van der Waals surface area contributed by atoms with Crippen molar-refractivity contribution in [3.05, 3.63) is 55.1 Å². The Morgan fingerprint density at radius 2 is 2.00 bits per heavy atom. The van der Waals surface area contributed by atoms with Gasteiger partial charge in [0.2, 0.25) is 0 Å². The lowest BCUT2D eigenvalue weighted by molar-refractivity contribution is 0.881. The van der Waals surface area contributed by atoms with Crippen molar-refractivity contribution in [3.8, 4) is 17.1 Å². The molecule has 3 rings (SSSR count). The summed E-state index contributed by atoms with van der Waals surface area (Å²) < 4.78 is 1.83. The van der Waals surface area contributed by atoms with Crippen LogP contribution in [0.15, 0.2) is 55.1 Å². The van der Waals surface area contributed by atoms with Gasteiger partial charge in [-0.1, -0.05) is 12.1 Å². The largest absolute Gasteiger partial charge is 0.345 e. The van der Waals surface area contributed by atoms with Crippen LogP contribution in [0.4, 0.5) is 0 Å². The molecule has 78 valence electrons. The maximum atomic E-state index is 4.26. The van der Waals surface area contributed by atoms with E-state index in [-0.39, 0.29) is 0 Å². The van der Waals surface area contributed by atoms with Gasteiger partial charge in [0.25, 0.3) is 0 Å². The molecular weight excluding hydrogens is 200 g/mol. The molecule has 0 aliphatic heterocycles. The van der Waals surface area contributed by atoms with Crippen LogP contribution in [0.1, 0.15) is 0 Å². The predicted octanol–water partition coefficient (Wildman–Crippen LogP) is 2.26. The quantitative estimate of drug-likeness (QED) is 0.705. The van der Waals surface area contributed by atoms with E-state index < -0.39 is 0 Å². The minimum Gasteiger partial charge on any atom is -0.345 e. The SMILES string of the molecule is c1ccc(-n2cccn2)c(-c2ncc[nH]2)c1. The Morgan fingerprint density at radius 3 is 2.75 bits per heavy atom. The number of aromatic nitrogens is 4. The van der Waals surface area contributed by atoms with Crippen molar-refractivity contribution in [1.29, 1.82) is 0 Å². The third kappa shape index (κ3) is 1.40. The fraction of sp³-hybridized carbons (Fsp3) is 0. The zero-order chi connectivity index (χ0) is 10.8. The number of para-hydroxylation sites is 1. The van der Waals surface area contributed by atoms with Gasteiger partial charge in [0.15, 0.2) is 0 Å². The van der Waals surface area contributed by atoms with E-state index in [0.717, 1.165) is 17.1 Å². The van der Waals surface area contributed by atoms with Gasteiger partial charge in [-0.15, -0.1) is 0 Å². The molecule has 16 heavy (non-hydrogen) atoms. The minimum atomic E-state index is 0.853. The fourth-order valence-electron chi connectivity index (χ4n) is 1.70. The Labute approximate surface area is 92.6 Å². The van der Waals surface area contributed by atoms with Gasteiger partial charge in [-0.3, -0.25) is 0 Å². The van der Waals surface area contributed by atoms with Gasteiger partial charge in [0.1, 0.15) is 5.82 Å². The standard InChI is InChI=1S/C12H10N4/c1-2-5-11(16-9-3-6-15-16)10(4-1)12-13-7-8-14-12/h1-9H,(H,13,14). The zero-order valence-electron chi connectivity index (χ0n) is 8.54. The number of imidazole rings is 1. The van der Waals surface area contributed by atoms with Gasteiger partial charge in [-0.05, 0) is 18.2 Å². The molecule has 0 saturated heterocycles. The molecule has 0 spiro atoms. The molecule has 4 heteroatoms. The van der Waals surface area contributed by atoms with Crippen LogP contribution in [0.3, 0.4) is 0 Å². The number of hydrogen-bond acceptors (Lipinski definition) is 2. The van der Waals surface area contributed by atoms with E-state index in [1.54, 1.807) is 12.4 Å². The molecule has 2 heterocycles. The lowest BCUT2D eigenvalue weighted by atomic mass is 10.1. The van der Waals surface area contributed by atoms with Crippen LogP contribution in [0.5, 0.6) is 0 Å². The van der Waals surface area contributed by atoms with Gasteiger partial charge in [0, 0.05) is 30.4 Å². The highest BCUT2D eigenvalue weighted by molar-refractivity contribution is 5.66. The van der Waals surface area contributed by atoms with Crippen molar-refractivity contribution in [2.24, 2.45) is 0 Å². The third-order valence-corrected chi connectivity index (χ3v) is 2.41. The number of H-pyrrole nitrogens is 1. The van der Waals surface area contributed by atoms with Gasteiger partial charge in [0.05, 0.1) is 5.69 Å². The summed E-state index contributed by atoms with van der Waals surface area (Å²) in [5.41, 5.74) is 2.05. The third-order valence-electron chi connectivity index (χ3n) is 2.41. The number of hydrogen-bond donors (Lipinski definition) is 1. The van der Waals surface area contributed by atoms with Crippen LogP contribution < -0.4 is 0 Å². The van der Waals surface area contributed by atoms with Crippen LogP contribution in [0.25, 0.3) is 17.1 Å². The van der Waals surface area contributed by atoms with E-state index in [0.29, 0.717) is 0 Å². The molecule has 4 nitrogen and oxygen atoms in total. The Morgan fingerprint density at radius 1 is 1.06 bits per heavy atom. The summed E-state index contributed by atoms with van der Waals surface area (Å²) in [6, 6.07) is 9.92. The van der Waals surface area contributed by atoms with Crippen LogP contribution in [-0.4, -0.2) is 19.7 Å². The molecule has 0 amide bonds. The average molecular weight is 210 g/mol. The smallest absolute Gasteiger partial charge is 0.139 e. The van der Waals surface area contributed by atoms with Crippen molar-refractivity contribution in [3.63, 3.8) is 0 Å². The lowest BCUT2D eigenvalue weighted by Gasteiger charge is -2.06. The maximum Gasteiger partial charge on any atom is 0.139 e. The summed E-state index contributed by atoms with van der Waals surface area (Å²) >= 11 is 0. The monoisotopic (exact) mass is 210 g/mol. The van der Waals surface area contributed by atoms with E-state index in [4.69, 9.17) is 0 Å². The fourth-order valence-corrected chi connectivity index (χ4v) is 1.70. The number of nitrogens with one attached hydrogen (secondary N) is 1. The van der Waals surface area contributed by atoms with Crippen molar-refractivity contribution in [2.75, 3.05) is 0 Å². The van der Waals surface area contributed by atoms with Crippen molar-refractivity contribution >= 4 is 0 Å². The summed E-state index contributed by atoms with van der Waals surface area (Å²) in [6.07, 6.45) is 7.24. The van der Waals surface area contributed by atoms with E-state index in [9.17, 15) is 0 Å². The summed E-state index contributed by atoms with van der Waals surface area (Å²) in [5, 5.41) is 4.23. The molecule has 0 atom stereocenters. The predicted molar refractivity (Wildman–Crippen MR) is 61.1 cm³/mol. The molecule has 0 unspecified atom stereocenters. The summed E-state index contributed by atoms with van der Waals surface area (Å²) in [6.45, 7) is 0. The Kier molecular flexibility index (Phi) is 2.04. The summed E-state index contributed by atoms with van der Waals surface area (Å²) in [4.78, 5) is 7.36. The topological polar surface area (TPSA) is 46.5 Å². The van der Waals surface area contributed by atoms with Gasteiger partial charge < -0.3 is 4.98 Å². The highest BCUT2D eigenvalue weighted by atomic mass is 15.3. The minimum absolute atomic E-state index is 0.853. The first-order valence-corrected chi connectivity index (χ1v) is 5.04. The molecule has 2 aromatic heterocycles. The molecule has 0 fully saturated rings. The van der Waals surface area contributed by atoms with Gasteiger partial charge >= 0.3 is 0 Å².